The molecule has 3 aromatic carbocycles. The third kappa shape index (κ3) is 5.20. The number of fused-ring (bicyclic) bond motifs is 1. The molecule has 2 heterocycles. The highest BCUT2D eigenvalue weighted by Gasteiger charge is 2.40. The van der Waals surface area contributed by atoms with Crippen molar-refractivity contribution in [3.63, 3.8) is 0 Å². The number of alkyl halides is 3. The van der Waals surface area contributed by atoms with E-state index in [4.69, 9.17) is 4.74 Å². The summed E-state index contributed by atoms with van der Waals surface area (Å²) < 4.78 is 45.2. The highest BCUT2D eigenvalue weighted by atomic mass is 19.4. The molecule has 1 spiro atoms. The number of amides is 1. The Labute approximate surface area is 209 Å². The van der Waals surface area contributed by atoms with Crippen molar-refractivity contribution in [2.75, 3.05) is 31.1 Å². The van der Waals surface area contributed by atoms with E-state index in [1.165, 1.54) is 17.7 Å². The zero-order valence-electron chi connectivity index (χ0n) is 20.0. The third-order valence-corrected chi connectivity index (χ3v) is 7.30. The molecular weight excluding hydrogens is 465 g/mol. The van der Waals surface area contributed by atoms with Gasteiger partial charge in [-0.3, -0.25) is 4.79 Å². The predicted molar refractivity (Wildman–Crippen MR) is 133 cm³/mol. The fourth-order valence-corrected chi connectivity index (χ4v) is 5.14. The van der Waals surface area contributed by atoms with Crippen LogP contribution in [-0.4, -0.2) is 42.6 Å². The van der Waals surface area contributed by atoms with Crippen LogP contribution in [0.2, 0.25) is 0 Å². The van der Waals surface area contributed by atoms with Crippen molar-refractivity contribution >= 4 is 11.6 Å². The maximum atomic E-state index is 13.0. The molecule has 0 atom stereocenters. The minimum absolute atomic E-state index is 0.239. The Morgan fingerprint density at radius 1 is 0.833 bits per heavy atom. The van der Waals surface area contributed by atoms with Gasteiger partial charge in [-0.2, -0.15) is 13.2 Å². The molecule has 1 saturated heterocycles. The number of rotatable bonds is 4. The van der Waals surface area contributed by atoms with Crippen LogP contribution in [0, 0.1) is 0 Å². The fourth-order valence-electron chi connectivity index (χ4n) is 5.14. The SMILES string of the molecule is O=C(c1ccc(C(F)(F)F)cc1)N1CCC2(CC1)CCN(CCc1ccccc1)c1ccccc1O2. The largest absolute Gasteiger partial charge is 0.485 e. The van der Waals surface area contributed by atoms with Gasteiger partial charge < -0.3 is 14.5 Å². The number of benzene rings is 3. The van der Waals surface area contributed by atoms with Crippen LogP contribution in [0.1, 0.15) is 40.7 Å². The maximum absolute atomic E-state index is 13.0. The van der Waals surface area contributed by atoms with E-state index >= 15 is 0 Å². The van der Waals surface area contributed by atoms with E-state index in [0.717, 1.165) is 49.5 Å². The van der Waals surface area contributed by atoms with Gasteiger partial charge in [0.05, 0.1) is 11.3 Å². The number of likely N-dealkylation sites (tertiary alicyclic amines) is 1. The second-order valence-electron chi connectivity index (χ2n) is 9.59. The number of halogens is 3. The van der Waals surface area contributed by atoms with Crippen molar-refractivity contribution in [3.8, 4) is 5.75 Å². The number of hydrogen-bond donors (Lipinski definition) is 0. The molecule has 3 aromatic rings. The standard InChI is InChI=1S/C29H29F3N2O2/c30-29(31,32)24-12-10-23(11-13-24)27(35)34-20-16-28(17-21-34)15-19-33(18-14-22-6-2-1-3-7-22)25-8-4-5-9-26(25)36-28/h1-13H,14-21H2. The molecule has 36 heavy (non-hydrogen) atoms. The summed E-state index contributed by atoms with van der Waals surface area (Å²) in [7, 11) is 0. The van der Waals surface area contributed by atoms with E-state index in [1.807, 2.05) is 24.3 Å². The van der Waals surface area contributed by atoms with Crippen molar-refractivity contribution in [2.24, 2.45) is 0 Å². The lowest BCUT2D eigenvalue weighted by Crippen LogP contribution is -2.50. The average molecular weight is 495 g/mol. The van der Waals surface area contributed by atoms with E-state index in [2.05, 4.69) is 35.2 Å². The lowest BCUT2D eigenvalue weighted by atomic mass is 9.87. The van der Waals surface area contributed by atoms with Crippen LogP contribution in [-0.2, 0) is 12.6 Å². The van der Waals surface area contributed by atoms with Gasteiger partial charge >= 0.3 is 6.18 Å². The number of carbonyl (C=O) groups is 1. The highest BCUT2D eigenvalue weighted by molar-refractivity contribution is 5.94. The van der Waals surface area contributed by atoms with Crippen molar-refractivity contribution < 1.29 is 22.7 Å². The minimum atomic E-state index is -4.42. The molecule has 2 aliphatic rings. The summed E-state index contributed by atoms with van der Waals surface area (Å²) in [4.78, 5) is 17.1. The first-order chi connectivity index (χ1) is 17.3. The molecule has 1 amide bonds. The van der Waals surface area contributed by atoms with Gasteiger partial charge in [-0.1, -0.05) is 42.5 Å². The number of anilines is 1. The van der Waals surface area contributed by atoms with E-state index in [-0.39, 0.29) is 17.1 Å². The summed E-state index contributed by atoms with van der Waals surface area (Å²) in [5.41, 5.74) is 1.55. The van der Waals surface area contributed by atoms with Crippen LogP contribution in [0.4, 0.5) is 18.9 Å². The lowest BCUT2D eigenvalue weighted by Gasteiger charge is -2.41. The van der Waals surface area contributed by atoms with Crippen LogP contribution in [0.5, 0.6) is 5.75 Å². The molecule has 0 bridgehead atoms. The Morgan fingerprint density at radius 2 is 1.47 bits per heavy atom. The van der Waals surface area contributed by atoms with Gasteiger partial charge in [-0.15, -0.1) is 0 Å². The monoisotopic (exact) mass is 494 g/mol. The van der Waals surface area contributed by atoms with E-state index in [0.29, 0.717) is 25.9 Å². The number of para-hydroxylation sites is 2. The average Bonchev–Trinajstić information content (AvgIpc) is 3.04. The third-order valence-electron chi connectivity index (χ3n) is 7.30. The van der Waals surface area contributed by atoms with Crippen LogP contribution >= 0.6 is 0 Å². The normalized spacial score (nSPS) is 17.3. The van der Waals surface area contributed by atoms with Gasteiger partial charge in [0.1, 0.15) is 11.4 Å². The second kappa shape index (κ2) is 9.88. The molecule has 0 N–H and O–H groups in total. The molecule has 7 heteroatoms. The van der Waals surface area contributed by atoms with Crippen LogP contribution < -0.4 is 9.64 Å². The first-order valence-corrected chi connectivity index (χ1v) is 12.4. The predicted octanol–water partition coefficient (Wildman–Crippen LogP) is 6.21. The first kappa shape index (κ1) is 24.2. The molecule has 0 unspecified atom stereocenters. The van der Waals surface area contributed by atoms with E-state index in [1.54, 1.807) is 4.90 Å². The second-order valence-corrected chi connectivity index (χ2v) is 9.59. The smallest absolute Gasteiger partial charge is 0.416 e. The van der Waals surface area contributed by atoms with E-state index in [9.17, 15) is 18.0 Å². The van der Waals surface area contributed by atoms with Crippen molar-refractivity contribution in [2.45, 2.75) is 37.5 Å². The summed E-state index contributed by atoms with van der Waals surface area (Å²) in [5.74, 6) is 0.627. The molecule has 5 rings (SSSR count). The number of nitrogens with zero attached hydrogens (tertiary/aromatic N) is 2. The zero-order valence-corrected chi connectivity index (χ0v) is 20.0. The summed E-state index contributed by atoms with van der Waals surface area (Å²) >= 11 is 0. The Hall–Kier alpha value is -3.48. The summed E-state index contributed by atoms with van der Waals surface area (Å²) in [6.07, 6.45) is -1.27. The van der Waals surface area contributed by atoms with Gasteiger partial charge in [0, 0.05) is 51.0 Å². The molecule has 188 valence electrons. The summed E-state index contributed by atoms with van der Waals surface area (Å²) in [6, 6.07) is 23.0. The van der Waals surface area contributed by atoms with Crippen molar-refractivity contribution in [1.82, 2.24) is 4.90 Å². The first-order valence-electron chi connectivity index (χ1n) is 12.4. The Morgan fingerprint density at radius 3 is 2.17 bits per heavy atom. The van der Waals surface area contributed by atoms with Gasteiger partial charge in [-0.25, -0.2) is 0 Å². The van der Waals surface area contributed by atoms with Crippen LogP contribution in [0.25, 0.3) is 0 Å². The van der Waals surface area contributed by atoms with Gasteiger partial charge in [0.15, 0.2) is 0 Å². The maximum Gasteiger partial charge on any atom is 0.416 e. The number of hydrogen-bond acceptors (Lipinski definition) is 3. The highest BCUT2D eigenvalue weighted by Crippen LogP contribution is 2.40. The van der Waals surface area contributed by atoms with Gasteiger partial charge in [-0.05, 0) is 48.4 Å². The molecular formula is C29H29F3N2O2. The molecule has 0 saturated carbocycles. The fraction of sp³-hybridized carbons (Fsp3) is 0.345. The quantitative estimate of drug-likeness (QED) is 0.432. The molecule has 4 nitrogen and oxygen atoms in total. The Kier molecular flexibility index (Phi) is 6.65. The van der Waals surface area contributed by atoms with Crippen LogP contribution in [0.15, 0.2) is 78.9 Å². The van der Waals surface area contributed by atoms with Crippen LogP contribution in [0.3, 0.4) is 0 Å². The zero-order chi connectivity index (χ0) is 25.2. The summed E-state index contributed by atoms with van der Waals surface area (Å²) in [6.45, 7) is 2.76. The van der Waals surface area contributed by atoms with Gasteiger partial charge in [0.2, 0.25) is 0 Å². The molecule has 0 aromatic heterocycles. The molecule has 1 fully saturated rings. The van der Waals surface area contributed by atoms with Crippen molar-refractivity contribution in [3.05, 3.63) is 95.6 Å². The Balaban J connectivity index is 1.25. The lowest BCUT2D eigenvalue weighted by molar-refractivity contribution is -0.137. The summed E-state index contributed by atoms with van der Waals surface area (Å²) in [5, 5.41) is 0. The number of ether oxygens (including phenoxy) is 1. The molecule has 0 radical (unpaired) electrons. The van der Waals surface area contributed by atoms with E-state index < -0.39 is 11.7 Å². The number of carbonyl (C=O) groups excluding carboxylic acids is 1. The molecule has 2 aliphatic heterocycles. The van der Waals surface area contributed by atoms with Gasteiger partial charge in [0.25, 0.3) is 5.91 Å². The Bertz CT molecular complexity index is 1190. The minimum Gasteiger partial charge on any atom is -0.485 e. The number of piperidine rings is 1. The van der Waals surface area contributed by atoms with Crippen molar-refractivity contribution in [1.29, 1.82) is 0 Å². The topological polar surface area (TPSA) is 32.8 Å². The molecule has 0 aliphatic carbocycles.